The van der Waals surface area contributed by atoms with Gasteiger partial charge < -0.3 is 25.5 Å². The number of hydrogen-bond donors (Lipinski definition) is 3. The topological polar surface area (TPSA) is 102 Å². The lowest BCUT2D eigenvalue weighted by Gasteiger charge is -2.26. The highest BCUT2D eigenvalue weighted by Crippen LogP contribution is 2.27. The molecule has 1 aliphatic rings. The zero-order valence-electron chi connectivity index (χ0n) is 11.8. The Balaban J connectivity index is 1.87. The van der Waals surface area contributed by atoms with Crippen LogP contribution in [-0.2, 0) is 9.47 Å². The second-order valence-corrected chi connectivity index (χ2v) is 5.23. The minimum absolute atomic E-state index is 0.198. The largest absolute Gasteiger partial charge is 0.397 e. The van der Waals surface area contributed by atoms with E-state index in [1.165, 1.54) is 6.33 Å². The Bertz CT molecular complexity index is 707. The van der Waals surface area contributed by atoms with Gasteiger partial charge in [0.2, 0.25) is 0 Å². The van der Waals surface area contributed by atoms with Crippen molar-refractivity contribution in [1.29, 1.82) is 0 Å². The minimum atomic E-state index is -0.330. The molecular formula is C14H18N4O3. The molecule has 1 aromatic carbocycles. The number of aromatic nitrogens is 2. The van der Waals surface area contributed by atoms with Crippen LogP contribution in [0.15, 0.2) is 23.3 Å². The van der Waals surface area contributed by atoms with E-state index in [0.29, 0.717) is 36.3 Å². The Morgan fingerprint density at radius 1 is 1.57 bits per heavy atom. The first kappa shape index (κ1) is 13.8. The van der Waals surface area contributed by atoms with Gasteiger partial charge in [0.15, 0.2) is 0 Å². The quantitative estimate of drug-likeness (QED) is 0.717. The molecule has 1 atom stereocenters. The molecule has 0 saturated carbocycles. The van der Waals surface area contributed by atoms with E-state index in [2.05, 4.69) is 15.3 Å². The second-order valence-electron chi connectivity index (χ2n) is 5.23. The van der Waals surface area contributed by atoms with Crippen molar-refractivity contribution in [2.75, 3.05) is 37.9 Å². The third kappa shape index (κ3) is 2.57. The average Bonchev–Trinajstić information content (AvgIpc) is 2.96. The molecule has 2 heterocycles. The number of nitrogens with zero attached hydrogens (tertiary/aromatic N) is 1. The van der Waals surface area contributed by atoms with Crippen molar-refractivity contribution in [2.24, 2.45) is 0 Å². The molecular weight excluding hydrogens is 272 g/mol. The van der Waals surface area contributed by atoms with E-state index in [0.717, 1.165) is 12.1 Å². The van der Waals surface area contributed by atoms with Gasteiger partial charge in [0.25, 0.3) is 5.56 Å². The summed E-state index contributed by atoms with van der Waals surface area (Å²) in [5.41, 5.74) is 7.33. The van der Waals surface area contributed by atoms with Crippen molar-refractivity contribution in [1.82, 2.24) is 9.97 Å². The smallest absolute Gasteiger partial charge is 0.258 e. The highest BCUT2D eigenvalue weighted by molar-refractivity contribution is 5.88. The molecule has 3 rings (SSSR count). The Labute approximate surface area is 121 Å². The average molecular weight is 290 g/mol. The van der Waals surface area contributed by atoms with E-state index in [-0.39, 0.29) is 11.2 Å². The standard InChI is InChI=1S/C14H18N4O3/c1-20-14(2-3-21-7-14)6-16-12-5-11-9(4-10(12)15)13(19)18-8-17-11/h4-5,8,16H,2-3,6-7,15H2,1H3,(H,17,18,19). The fourth-order valence-electron chi connectivity index (χ4n) is 2.50. The first-order valence-corrected chi connectivity index (χ1v) is 6.77. The van der Waals surface area contributed by atoms with E-state index in [9.17, 15) is 4.79 Å². The van der Waals surface area contributed by atoms with Gasteiger partial charge in [-0.3, -0.25) is 4.79 Å². The summed E-state index contributed by atoms with van der Waals surface area (Å²) in [6, 6.07) is 3.41. The van der Waals surface area contributed by atoms with Gasteiger partial charge in [-0.2, -0.15) is 0 Å². The molecule has 1 aromatic heterocycles. The van der Waals surface area contributed by atoms with Crippen molar-refractivity contribution in [2.45, 2.75) is 12.0 Å². The number of H-pyrrole nitrogens is 1. The Hall–Kier alpha value is -2.12. The Morgan fingerprint density at radius 3 is 3.14 bits per heavy atom. The van der Waals surface area contributed by atoms with Crippen molar-refractivity contribution >= 4 is 22.3 Å². The minimum Gasteiger partial charge on any atom is -0.397 e. The second kappa shape index (κ2) is 5.34. The molecule has 4 N–H and O–H groups in total. The van der Waals surface area contributed by atoms with Crippen LogP contribution in [0.25, 0.3) is 10.9 Å². The van der Waals surface area contributed by atoms with E-state index in [1.807, 2.05) is 0 Å². The van der Waals surface area contributed by atoms with Gasteiger partial charge in [0.05, 0.1) is 35.2 Å². The summed E-state index contributed by atoms with van der Waals surface area (Å²) in [5, 5.41) is 3.75. The molecule has 7 heteroatoms. The van der Waals surface area contributed by atoms with E-state index in [4.69, 9.17) is 15.2 Å². The summed E-state index contributed by atoms with van der Waals surface area (Å²) in [7, 11) is 1.68. The number of benzene rings is 1. The van der Waals surface area contributed by atoms with Gasteiger partial charge in [0.1, 0.15) is 5.60 Å². The molecule has 1 fully saturated rings. The SMILES string of the molecule is COC1(CNc2cc3nc[nH]c(=O)c3cc2N)CCOC1. The summed E-state index contributed by atoms with van der Waals surface area (Å²) in [6.07, 6.45) is 2.22. The maximum Gasteiger partial charge on any atom is 0.258 e. The molecule has 2 aromatic rings. The Kier molecular flexibility index (Phi) is 3.52. The highest BCUT2D eigenvalue weighted by atomic mass is 16.5. The molecule has 0 amide bonds. The number of ether oxygens (including phenoxy) is 2. The van der Waals surface area contributed by atoms with E-state index in [1.54, 1.807) is 19.2 Å². The fourth-order valence-corrected chi connectivity index (χ4v) is 2.50. The lowest BCUT2D eigenvalue weighted by atomic mass is 10.0. The number of fused-ring (bicyclic) bond motifs is 1. The number of nitrogens with one attached hydrogen (secondary N) is 2. The van der Waals surface area contributed by atoms with Crippen molar-refractivity contribution in [3.8, 4) is 0 Å². The normalized spacial score (nSPS) is 21.8. The number of methoxy groups -OCH3 is 1. The summed E-state index contributed by atoms with van der Waals surface area (Å²) in [4.78, 5) is 18.4. The third-order valence-corrected chi connectivity index (χ3v) is 3.91. The summed E-state index contributed by atoms with van der Waals surface area (Å²) in [6.45, 7) is 1.84. The third-order valence-electron chi connectivity index (χ3n) is 3.91. The molecule has 0 radical (unpaired) electrons. The lowest BCUT2D eigenvalue weighted by molar-refractivity contribution is -0.00618. The van der Waals surface area contributed by atoms with Crippen LogP contribution in [0.4, 0.5) is 11.4 Å². The summed E-state index contributed by atoms with van der Waals surface area (Å²) < 4.78 is 11.0. The van der Waals surface area contributed by atoms with Gasteiger partial charge in [-0.05, 0) is 12.1 Å². The van der Waals surface area contributed by atoms with Crippen LogP contribution >= 0.6 is 0 Å². The number of nitrogen functional groups attached to an aromatic ring is 1. The van der Waals surface area contributed by atoms with Crippen LogP contribution in [0.2, 0.25) is 0 Å². The predicted molar refractivity (Wildman–Crippen MR) is 80.4 cm³/mol. The molecule has 112 valence electrons. The zero-order chi connectivity index (χ0) is 14.9. The summed E-state index contributed by atoms with van der Waals surface area (Å²) in [5.74, 6) is 0. The van der Waals surface area contributed by atoms with Gasteiger partial charge in [-0.1, -0.05) is 0 Å². The first-order chi connectivity index (χ1) is 10.1. The van der Waals surface area contributed by atoms with E-state index >= 15 is 0 Å². The molecule has 7 nitrogen and oxygen atoms in total. The van der Waals surface area contributed by atoms with Crippen LogP contribution in [0.1, 0.15) is 6.42 Å². The van der Waals surface area contributed by atoms with Crippen molar-refractivity contribution < 1.29 is 9.47 Å². The number of anilines is 2. The number of nitrogens with two attached hydrogens (primary N) is 1. The molecule has 1 aliphatic heterocycles. The number of rotatable bonds is 4. The van der Waals surface area contributed by atoms with Crippen LogP contribution in [0.5, 0.6) is 0 Å². The molecule has 0 spiro atoms. The molecule has 0 aliphatic carbocycles. The molecule has 1 unspecified atom stereocenters. The lowest BCUT2D eigenvalue weighted by Crippen LogP contribution is -2.39. The molecule has 1 saturated heterocycles. The van der Waals surface area contributed by atoms with Gasteiger partial charge in [0, 0.05) is 26.7 Å². The Morgan fingerprint density at radius 2 is 2.43 bits per heavy atom. The van der Waals surface area contributed by atoms with Crippen LogP contribution in [0, 0.1) is 0 Å². The highest BCUT2D eigenvalue weighted by Gasteiger charge is 2.34. The summed E-state index contributed by atoms with van der Waals surface area (Å²) >= 11 is 0. The van der Waals surface area contributed by atoms with Crippen LogP contribution in [-0.4, -0.2) is 42.4 Å². The van der Waals surface area contributed by atoms with Crippen molar-refractivity contribution in [3.63, 3.8) is 0 Å². The first-order valence-electron chi connectivity index (χ1n) is 6.77. The maximum atomic E-state index is 11.7. The van der Waals surface area contributed by atoms with Crippen LogP contribution in [0.3, 0.4) is 0 Å². The predicted octanol–water partition coefficient (Wildman–Crippen LogP) is 0.723. The van der Waals surface area contributed by atoms with Crippen molar-refractivity contribution in [3.05, 3.63) is 28.8 Å². The van der Waals surface area contributed by atoms with Gasteiger partial charge >= 0.3 is 0 Å². The zero-order valence-corrected chi connectivity index (χ0v) is 11.8. The maximum absolute atomic E-state index is 11.7. The van der Waals surface area contributed by atoms with Gasteiger partial charge in [-0.15, -0.1) is 0 Å². The van der Waals surface area contributed by atoms with Gasteiger partial charge in [-0.25, -0.2) is 4.98 Å². The number of hydrogen-bond acceptors (Lipinski definition) is 6. The molecule has 0 bridgehead atoms. The van der Waals surface area contributed by atoms with Crippen LogP contribution < -0.4 is 16.6 Å². The van der Waals surface area contributed by atoms with E-state index < -0.39 is 0 Å². The number of aromatic amines is 1. The molecule has 21 heavy (non-hydrogen) atoms. The fraction of sp³-hybridized carbons (Fsp3) is 0.429. The monoisotopic (exact) mass is 290 g/mol.